The third-order valence-corrected chi connectivity index (χ3v) is 4.08. The number of aliphatic carboxylic acids is 1. The van der Waals surface area contributed by atoms with Gasteiger partial charge in [-0.25, -0.2) is 4.39 Å². The maximum Gasteiger partial charge on any atom is 0.308 e. The van der Waals surface area contributed by atoms with E-state index in [0.717, 1.165) is 6.07 Å². The van der Waals surface area contributed by atoms with E-state index in [1.54, 1.807) is 6.92 Å². The molecule has 120 valence electrons. The fraction of sp³-hybridized carbons (Fsp3) is 0.500. The van der Waals surface area contributed by atoms with Crippen LogP contribution in [-0.4, -0.2) is 36.7 Å². The summed E-state index contributed by atoms with van der Waals surface area (Å²) in [7, 11) is 0. The molecule has 5 nitrogen and oxygen atoms in total. The number of hydrogen-bond acceptors (Lipinski definition) is 3. The highest BCUT2D eigenvalue weighted by Gasteiger charge is 2.30. The van der Waals surface area contributed by atoms with Crippen LogP contribution in [0, 0.1) is 24.6 Å². The normalized spacial score (nSPS) is 17.0. The smallest absolute Gasteiger partial charge is 0.308 e. The van der Waals surface area contributed by atoms with Gasteiger partial charge in [-0.2, -0.15) is 0 Å². The molecule has 0 bridgehead atoms. The average molecular weight is 309 g/mol. The molecule has 1 amide bonds. The van der Waals surface area contributed by atoms with Crippen LogP contribution in [0.1, 0.15) is 28.8 Å². The minimum absolute atomic E-state index is 0.0137. The molecule has 1 heterocycles. The summed E-state index contributed by atoms with van der Waals surface area (Å²) in [6.07, 6.45) is 1.34. The number of benzene rings is 1. The van der Waals surface area contributed by atoms with Crippen molar-refractivity contribution in [2.75, 3.05) is 19.8 Å². The van der Waals surface area contributed by atoms with Crippen molar-refractivity contribution in [3.63, 3.8) is 0 Å². The first kappa shape index (κ1) is 16.4. The molecule has 6 heteroatoms. The zero-order valence-electron chi connectivity index (χ0n) is 12.5. The third-order valence-electron chi connectivity index (χ3n) is 4.08. The lowest BCUT2D eigenvalue weighted by molar-refractivity contribution is -0.144. The number of halogens is 1. The van der Waals surface area contributed by atoms with E-state index >= 15 is 0 Å². The van der Waals surface area contributed by atoms with Gasteiger partial charge in [0.15, 0.2) is 0 Å². The zero-order chi connectivity index (χ0) is 16.1. The second kappa shape index (κ2) is 7.35. The summed E-state index contributed by atoms with van der Waals surface area (Å²) in [5.41, 5.74) is 0.882. The average Bonchev–Trinajstić information content (AvgIpc) is 2.50. The van der Waals surface area contributed by atoms with E-state index in [0.29, 0.717) is 31.6 Å². The highest BCUT2D eigenvalue weighted by molar-refractivity contribution is 5.95. The number of ether oxygens (including phenoxy) is 1. The Balaban J connectivity index is 2.01. The van der Waals surface area contributed by atoms with Gasteiger partial charge >= 0.3 is 5.97 Å². The Morgan fingerprint density at radius 3 is 2.73 bits per heavy atom. The number of rotatable bonds is 5. The summed E-state index contributed by atoms with van der Waals surface area (Å²) < 4.78 is 18.5. The molecule has 2 rings (SSSR count). The molecule has 0 saturated carbocycles. The van der Waals surface area contributed by atoms with Gasteiger partial charge in [0.05, 0.1) is 5.92 Å². The van der Waals surface area contributed by atoms with E-state index in [2.05, 4.69) is 5.32 Å². The lowest BCUT2D eigenvalue weighted by atomic mass is 9.86. The molecule has 1 aliphatic heterocycles. The largest absolute Gasteiger partial charge is 0.481 e. The second-order valence-corrected chi connectivity index (χ2v) is 5.56. The molecule has 2 N–H and O–H groups in total. The summed E-state index contributed by atoms with van der Waals surface area (Å²) in [5.74, 6) is -2.53. The van der Waals surface area contributed by atoms with Crippen molar-refractivity contribution in [3.8, 4) is 0 Å². The summed E-state index contributed by atoms with van der Waals surface area (Å²) in [4.78, 5) is 23.5. The maximum atomic E-state index is 13.2. The molecule has 1 aliphatic rings. The molecule has 1 unspecified atom stereocenters. The molecule has 1 saturated heterocycles. The number of amides is 1. The topological polar surface area (TPSA) is 75.6 Å². The van der Waals surface area contributed by atoms with Gasteiger partial charge in [0.2, 0.25) is 0 Å². The van der Waals surface area contributed by atoms with E-state index < -0.39 is 23.6 Å². The lowest BCUT2D eigenvalue weighted by Gasteiger charge is -2.27. The van der Waals surface area contributed by atoms with Crippen LogP contribution in [0.2, 0.25) is 0 Å². The van der Waals surface area contributed by atoms with Gasteiger partial charge in [0, 0.05) is 25.3 Å². The quantitative estimate of drug-likeness (QED) is 0.872. The van der Waals surface area contributed by atoms with E-state index in [9.17, 15) is 19.1 Å². The third kappa shape index (κ3) is 4.04. The minimum atomic E-state index is -0.928. The van der Waals surface area contributed by atoms with Crippen LogP contribution in [0.4, 0.5) is 4.39 Å². The fourth-order valence-corrected chi connectivity index (χ4v) is 2.71. The van der Waals surface area contributed by atoms with Crippen LogP contribution in [0.5, 0.6) is 0 Å². The summed E-state index contributed by atoms with van der Waals surface area (Å²) in [6.45, 7) is 2.84. The van der Waals surface area contributed by atoms with Crippen molar-refractivity contribution in [2.45, 2.75) is 19.8 Å². The maximum absolute atomic E-state index is 13.2. The highest BCUT2D eigenvalue weighted by Crippen LogP contribution is 2.24. The number of aryl methyl sites for hydroxylation is 1. The van der Waals surface area contributed by atoms with Gasteiger partial charge in [-0.05, 0) is 43.4 Å². The Bertz CT molecular complexity index is 555. The molecule has 1 atom stereocenters. The van der Waals surface area contributed by atoms with Gasteiger partial charge in [0.1, 0.15) is 5.82 Å². The Hall–Kier alpha value is -1.95. The molecule has 0 aliphatic carbocycles. The van der Waals surface area contributed by atoms with Crippen LogP contribution < -0.4 is 5.32 Å². The number of hydrogen-bond donors (Lipinski definition) is 2. The van der Waals surface area contributed by atoms with Crippen molar-refractivity contribution >= 4 is 11.9 Å². The molecule has 22 heavy (non-hydrogen) atoms. The van der Waals surface area contributed by atoms with E-state index in [-0.39, 0.29) is 18.0 Å². The van der Waals surface area contributed by atoms with Crippen molar-refractivity contribution in [3.05, 3.63) is 35.1 Å². The number of carboxylic acid groups (broad SMARTS) is 1. The Morgan fingerprint density at radius 1 is 1.41 bits per heavy atom. The van der Waals surface area contributed by atoms with Crippen LogP contribution in [0.15, 0.2) is 18.2 Å². The van der Waals surface area contributed by atoms with Crippen molar-refractivity contribution < 1.29 is 23.8 Å². The molecule has 1 aromatic rings. The summed E-state index contributed by atoms with van der Waals surface area (Å²) >= 11 is 0. The van der Waals surface area contributed by atoms with Gasteiger partial charge in [-0.15, -0.1) is 0 Å². The molecule has 0 spiro atoms. The number of nitrogens with one attached hydrogen (secondary N) is 1. The van der Waals surface area contributed by atoms with E-state index in [1.165, 1.54) is 12.1 Å². The molecular weight excluding hydrogens is 289 g/mol. The Kier molecular flexibility index (Phi) is 5.49. The Morgan fingerprint density at radius 2 is 2.09 bits per heavy atom. The zero-order valence-corrected chi connectivity index (χ0v) is 12.5. The lowest BCUT2D eigenvalue weighted by Crippen LogP contribution is -2.39. The SMILES string of the molecule is Cc1ccc(F)cc1C(=O)NCC(C(=O)O)C1CCOCC1. The highest BCUT2D eigenvalue weighted by atomic mass is 19.1. The first-order chi connectivity index (χ1) is 10.5. The Labute approximate surface area is 128 Å². The second-order valence-electron chi connectivity index (χ2n) is 5.56. The van der Waals surface area contributed by atoms with E-state index in [1.807, 2.05) is 0 Å². The number of carbonyl (C=O) groups excluding carboxylic acids is 1. The molecule has 1 aromatic carbocycles. The molecule has 1 fully saturated rings. The van der Waals surface area contributed by atoms with Gasteiger partial charge < -0.3 is 15.2 Å². The number of carboxylic acids is 1. The summed E-state index contributed by atoms with van der Waals surface area (Å²) in [6, 6.07) is 3.97. The van der Waals surface area contributed by atoms with Crippen molar-refractivity contribution in [2.24, 2.45) is 11.8 Å². The molecule has 0 aromatic heterocycles. The molecular formula is C16H20FNO4. The van der Waals surface area contributed by atoms with Gasteiger partial charge in [-0.1, -0.05) is 6.07 Å². The first-order valence-corrected chi connectivity index (χ1v) is 7.34. The van der Waals surface area contributed by atoms with Crippen LogP contribution in [0.3, 0.4) is 0 Å². The van der Waals surface area contributed by atoms with Crippen molar-refractivity contribution in [1.29, 1.82) is 0 Å². The minimum Gasteiger partial charge on any atom is -0.481 e. The van der Waals surface area contributed by atoms with Gasteiger partial charge in [0.25, 0.3) is 5.91 Å². The predicted molar refractivity (Wildman–Crippen MR) is 78.1 cm³/mol. The monoisotopic (exact) mass is 309 g/mol. The van der Waals surface area contributed by atoms with E-state index in [4.69, 9.17) is 4.74 Å². The predicted octanol–water partition coefficient (Wildman–Crippen LogP) is 1.99. The summed E-state index contributed by atoms with van der Waals surface area (Å²) in [5, 5.41) is 12.0. The molecule has 0 radical (unpaired) electrons. The van der Waals surface area contributed by atoms with Crippen LogP contribution >= 0.6 is 0 Å². The fourth-order valence-electron chi connectivity index (χ4n) is 2.71. The number of carbonyl (C=O) groups is 2. The van der Waals surface area contributed by atoms with Crippen LogP contribution in [0.25, 0.3) is 0 Å². The van der Waals surface area contributed by atoms with Crippen LogP contribution in [-0.2, 0) is 9.53 Å². The first-order valence-electron chi connectivity index (χ1n) is 7.34. The van der Waals surface area contributed by atoms with Crippen molar-refractivity contribution in [1.82, 2.24) is 5.32 Å². The standard InChI is InChI=1S/C16H20FNO4/c1-10-2-3-12(17)8-13(10)15(19)18-9-14(16(20)21)11-4-6-22-7-5-11/h2-3,8,11,14H,4-7,9H2,1H3,(H,18,19)(H,20,21). The van der Waals surface area contributed by atoms with Gasteiger partial charge in [-0.3, -0.25) is 9.59 Å².